The Hall–Kier alpha value is -1.59. The van der Waals surface area contributed by atoms with Crippen LogP contribution >= 0.6 is 0 Å². The van der Waals surface area contributed by atoms with Crippen molar-refractivity contribution in [2.45, 2.75) is 19.9 Å². The number of carbonyl (C=O) groups excluding carboxylic acids is 1. The largest absolute Gasteiger partial charge is 0.496 e. The number of likely N-dealkylation sites (N-methyl/N-ethyl adjacent to an activating group) is 1. The van der Waals surface area contributed by atoms with Crippen LogP contribution in [0.3, 0.4) is 0 Å². The zero-order chi connectivity index (χ0) is 15.9. The first-order chi connectivity index (χ1) is 10.7. The maximum atomic E-state index is 12.7. The molecule has 1 unspecified atom stereocenters. The van der Waals surface area contributed by atoms with Crippen LogP contribution in [0.25, 0.3) is 0 Å². The van der Waals surface area contributed by atoms with Gasteiger partial charge in [0.15, 0.2) is 0 Å². The summed E-state index contributed by atoms with van der Waals surface area (Å²) >= 11 is 0. The molecule has 1 N–H and O–H groups in total. The van der Waals surface area contributed by atoms with Crippen molar-refractivity contribution in [3.63, 3.8) is 0 Å². The van der Waals surface area contributed by atoms with Crippen LogP contribution in [0.15, 0.2) is 24.3 Å². The Morgan fingerprint density at radius 3 is 2.77 bits per heavy atom. The van der Waals surface area contributed by atoms with E-state index in [1.807, 2.05) is 29.2 Å². The van der Waals surface area contributed by atoms with Crippen molar-refractivity contribution >= 4 is 5.91 Å². The van der Waals surface area contributed by atoms with Crippen molar-refractivity contribution in [2.24, 2.45) is 0 Å². The van der Waals surface area contributed by atoms with Crippen molar-refractivity contribution in [3.05, 3.63) is 29.8 Å². The lowest BCUT2D eigenvalue weighted by Crippen LogP contribution is -2.51. The summed E-state index contributed by atoms with van der Waals surface area (Å²) in [6.07, 6.45) is 0. The molecule has 1 fully saturated rings. The van der Waals surface area contributed by atoms with Crippen LogP contribution in [0, 0.1) is 0 Å². The minimum absolute atomic E-state index is 0.0352. The number of para-hydroxylation sites is 1. The van der Waals surface area contributed by atoms with Gasteiger partial charge in [0.1, 0.15) is 5.75 Å². The van der Waals surface area contributed by atoms with Gasteiger partial charge in [0, 0.05) is 25.2 Å². The van der Waals surface area contributed by atoms with E-state index in [0.717, 1.165) is 44.0 Å². The number of piperazine rings is 1. The molecule has 1 aromatic carbocycles. The lowest BCUT2D eigenvalue weighted by molar-refractivity contribution is -0.135. The summed E-state index contributed by atoms with van der Waals surface area (Å²) in [5, 5.41) is 3.39. The summed E-state index contributed by atoms with van der Waals surface area (Å²) in [5.41, 5.74) is 1.07. The summed E-state index contributed by atoms with van der Waals surface area (Å²) in [7, 11) is 1.68. The Labute approximate surface area is 133 Å². The van der Waals surface area contributed by atoms with E-state index in [2.05, 4.69) is 24.1 Å². The van der Waals surface area contributed by atoms with Crippen molar-refractivity contribution in [3.8, 4) is 5.75 Å². The Balaban J connectivity index is 2.19. The van der Waals surface area contributed by atoms with Crippen LogP contribution in [-0.2, 0) is 4.79 Å². The second-order valence-electron chi connectivity index (χ2n) is 5.51. The number of hydrogen-bond acceptors (Lipinski definition) is 4. The van der Waals surface area contributed by atoms with E-state index in [-0.39, 0.29) is 11.9 Å². The second-order valence-corrected chi connectivity index (χ2v) is 5.51. The van der Waals surface area contributed by atoms with E-state index in [0.29, 0.717) is 6.54 Å². The molecule has 0 aromatic heterocycles. The number of nitrogens with zero attached hydrogens (tertiary/aromatic N) is 2. The van der Waals surface area contributed by atoms with Crippen LogP contribution in [-0.4, -0.2) is 62.1 Å². The Kier molecular flexibility index (Phi) is 6.21. The molecule has 0 aliphatic carbocycles. The van der Waals surface area contributed by atoms with Crippen molar-refractivity contribution in [2.75, 3.05) is 46.4 Å². The quantitative estimate of drug-likeness (QED) is 0.865. The predicted octanol–water partition coefficient (Wildman–Crippen LogP) is 1.51. The molecule has 1 atom stereocenters. The Morgan fingerprint density at radius 2 is 2.09 bits per heavy atom. The molecular weight excluding hydrogens is 278 g/mol. The highest BCUT2D eigenvalue weighted by molar-refractivity contribution is 5.79. The lowest BCUT2D eigenvalue weighted by Gasteiger charge is -2.38. The number of nitrogens with one attached hydrogen (secondary N) is 1. The minimum Gasteiger partial charge on any atom is -0.496 e. The molecule has 22 heavy (non-hydrogen) atoms. The zero-order valence-electron chi connectivity index (χ0n) is 13.8. The average Bonchev–Trinajstić information content (AvgIpc) is 2.59. The van der Waals surface area contributed by atoms with Crippen LogP contribution in [0.4, 0.5) is 0 Å². The molecule has 5 nitrogen and oxygen atoms in total. The van der Waals surface area contributed by atoms with Gasteiger partial charge in [0.25, 0.3) is 0 Å². The molecule has 1 saturated heterocycles. The van der Waals surface area contributed by atoms with E-state index >= 15 is 0 Å². The molecular formula is C17H27N3O2. The van der Waals surface area contributed by atoms with E-state index < -0.39 is 0 Å². The van der Waals surface area contributed by atoms with Gasteiger partial charge >= 0.3 is 0 Å². The number of rotatable bonds is 6. The van der Waals surface area contributed by atoms with Gasteiger partial charge in [-0.3, -0.25) is 9.69 Å². The maximum absolute atomic E-state index is 12.7. The first kappa shape index (κ1) is 16.8. The fourth-order valence-electron chi connectivity index (χ4n) is 2.95. The van der Waals surface area contributed by atoms with Gasteiger partial charge < -0.3 is 15.0 Å². The first-order valence-electron chi connectivity index (χ1n) is 8.06. The van der Waals surface area contributed by atoms with E-state index in [1.165, 1.54) is 0 Å². The fraction of sp³-hybridized carbons (Fsp3) is 0.588. The van der Waals surface area contributed by atoms with Crippen LogP contribution in [0.1, 0.15) is 25.5 Å². The number of ether oxygens (including phenoxy) is 1. The van der Waals surface area contributed by atoms with Gasteiger partial charge in [-0.1, -0.05) is 32.0 Å². The molecule has 2 rings (SSSR count). The number of amides is 1. The molecule has 0 saturated carbocycles. The number of methoxy groups -OCH3 is 1. The van der Waals surface area contributed by atoms with Gasteiger partial charge in [-0.2, -0.15) is 0 Å². The molecule has 5 heteroatoms. The molecule has 0 spiro atoms. The normalized spacial score (nSPS) is 18.5. The SMILES string of the molecule is CCN(CC)CC(=O)N1CCNCC1c1ccccc1OC. The smallest absolute Gasteiger partial charge is 0.237 e. The third kappa shape index (κ3) is 3.78. The van der Waals surface area contributed by atoms with Crippen molar-refractivity contribution in [1.82, 2.24) is 15.1 Å². The highest BCUT2D eigenvalue weighted by atomic mass is 16.5. The molecule has 122 valence electrons. The Morgan fingerprint density at radius 1 is 1.36 bits per heavy atom. The summed E-state index contributed by atoms with van der Waals surface area (Å²) in [4.78, 5) is 16.9. The summed E-state index contributed by atoms with van der Waals surface area (Å²) in [6, 6.07) is 8.00. The molecule has 1 aromatic rings. The van der Waals surface area contributed by atoms with Crippen LogP contribution < -0.4 is 10.1 Å². The topological polar surface area (TPSA) is 44.8 Å². The van der Waals surface area contributed by atoms with Crippen LogP contribution in [0.5, 0.6) is 5.75 Å². The third-order valence-corrected chi connectivity index (χ3v) is 4.31. The van der Waals surface area contributed by atoms with E-state index in [1.54, 1.807) is 7.11 Å². The summed E-state index contributed by atoms with van der Waals surface area (Å²) < 4.78 is 5.47. The Bertz CT molecular complexity index is 489. The van der Waals surface area contributed by atoms with Gasteiger partial charge in [-0.05, 0) is 19.2 Å². The van der Waals surface area contributed by atoms with Crippen molar-refractivity contribution in [1.29, 1.82) is 0 Å². The molecule has 1 amide bonds. The summed E-state index contributed by atoms with van der Waals surface area (Å²) in [6.45, 7) is 8.81. The van der Waals surface area contributed by atoms with Crippen molar-refractivity contribution < 1.29 is 9.53 Å². The van der Waals surface area contributed by atoms with E-state index in [9.17, 15) is 4.79 Å². The van der Waals surface area contributed by atoms with Gasteiger partial charge in [0.2, 0.25) is 5.91 Å². The predicted molar refractivity (Wildman–Crippen MR) is 88.1 cm³/mol. The number of hydrogen-bond donors (Lipinski definition) is 1. The zero-order valence-corrected chi connectivity index (χ0v) is 13.8. The molecule has 0 radical (unpaired) electrons. The molecule has 1 heterocycles. The lowest BCUT2D eigenvalue weighted by atomic mass is 10.0. The highest BCUT2D eigenvalue weighted by Crippen LogP contribution is 2.30. The molecule has 1 aliphatic heterocycles. The van der Waals surface area contributed by atoms with Gasteiger partial charge in [0.05, 0.1) is 19.7 Å². The molecule has 1 aliphatic rings. The fourth-order valence-corrected chi connectivity index (χ4v) is 2.95. The average molecular weight is 305 g/mol. The van der Waals surface area contributed by atoms with Gasteiger partial charge in [-0.25, -0.2) is 0 Å². The van der Waals surface area contributed by atoms with Crippen LogP contribution in [0.2, 0.25) is 0 Å². The maximum Gasteiger partial charge on any atom is 0.237 e. The second kappa shape index (κ2) is 8.15. The number of carbonyl (C=O) groups is 1. The third-order valence-electron chi connectivity index (χ3n) is 4.31. The standard InChI is InChI=1S/C17H27N3O2/c1-4-19(5-2)13-17(21)20-11-10-18-12-15(20)14-8-6-7-9-16(14)22-3/h6-9,15,18H,4-5,10-13H2,1-3H3. The minimum atomic E-state index is 0.0352. The number of benzene rings is 1. The molecule has 0 bridgehead atoms. The van der Waals surface area contributed by atoms with Gasteiger partial charge in [-0.15, -0.1) is 0 Å². The first-order valence-corrected chi connectivity index (χ1v) is 8.06. The summed E-state index contributed by atoms with van der Waals surface area (Å²) in [5.74, 6) is 1.04. The monoisotopic (exact) mass is 305 g/mol. The highest BCUT2D eigenvalue weighted by Gasteiger charge is 2.30. The van der Waals surface area contributed by atoms with E-state index in [4.69, 9.17) is 4.74 Å².